The van der Waals surface area contributed by atoms with Crippen LogP contribution < -0.4 is 10.6 Å². The summed E-state index contributed by atoms with van der Waals surface area (Å²) in [6.07, 6.45) is 2.76. The number of guanidine groups is 1. The third kappa shape index (κ3) is 4.47. The van der Waals surface area contributed by atoms with Gasteiger partial charge in [-0.2, -0.15) is 0 Å². The maximum absolute atomic E-state index is 15.3. The Morgan fingerprint density at radius 3 is 2.74 bits per heavy atom. The van der Waals surface area contributed by atoms with Gasteiger partial charge in [0, 0.05) is 44.1 Å². The number of hydrogen-bond acceptors (Lipinski definition) is 7. The maximum Gasteiger partial charge on any atom is 0.274 e. The lowest BCUT2D eigenvalue weighted by atomic mass is 9.90. The molecule has 2 aromatic heterocycles. The van der Waals surface area contributed by atoms with E-state index in [0.717, 1.165) is 28.3 Å². The minimum absolute atomic E-state index is 0.00373. The smallest absolute Gasteiger partial charge is 0.274 e. The predicted octanol–water partition coefficient (Wildman–Crippen LogP) is 2.49. The van der Waals surface area contributed by atoms with Crippen LogP contribution in [0, 0.1) is 17.0 Å². The van der Waals surface area contributed by atoms with Gasteiger partial charge in [0.25, 0.3) is 5.91 Å². The Bertz CT molecular complexity index is 1490. The third-order valence-corrected chi connectivity index (χ3v) is 9.48. The summed E-state index contributed by atoms with van der Waals surface area (Å²) < 4.78 is 55.5. The topological polar surface area (TPSA) is 131 Å². The molecule has 1 amide bonds. The third-order valence-electron chi connectivity index (χ3n) is 6.98. The number of aromatic nitrogens is 2. The fraction of sp³-hybridized carbons (Fsp3) is 0.280. The first kappa shape index (κ1) is 25.7. The van der Waals surface area contributed by atoms with Gasteiger partial charge >= 0.3 is 0 Å². The molecule has 2 atom stereocenters. The molecule has 5 rings (SSSR count). The summed E-state index contributed by atoms with van der Waals surface area (Å²) in [7, 11) is -2.79. The predicted molar refractivity (Wildman–Crippen MR) is 136 cm³/mol. The van der Waals surface area contributed by atoms with Crippen LogP contribution >= 0.6 is 0 Å². The number of rotatable bonds is 5. The zero-order chi connectivity index (χ0) is 27.1. The zero-order valence-corrected chi connectivity index (χ0v) is 21.2. The Kier molecular flexibility index (Phi) is 6.57. The lowest BCUT2D eigenvalue weighted by Gasteiger charge is -2.46. The highest BCUT2D eigenvalue weighted by molar-refractivity contribution is 7.91. The Morgan fingerprint density at radius 1 is 1.21 bits per heavy atom. The second-order valence-electron chi connectivity index (χ2n) is 9.30. The second kappa shape index (κ2) is 9.72. The van der Waals surface area contributed by atoms with E-state index >= 15 is 4.39 Å². The summed E-state index contributed by atoms with van der Waals surface area (Å²) in [5, 5.41) is 13.7. The van der Waals surface area contributed by atoms with E-state index < -0.39 is 38.4 Å². The fourth-order valence-electron chi connectivity index (χ4n) is 5.00. The van der Waals surface area contributed by atoms with Crippen molar-refractivity contribution in [1.82, 2.24) is 24.5 Å². The normalized spacial score (nSPS) is 22.9. The van der Waals surface area contributed by atoms with E-state index in [4.69, 9.17) is 5.41 Å². The molecule has 3 N–H and O–H groups in total. The molecule has 2 aliphatic heterocycles. The van der Waals surface area contributed by atoms with Gasteiger partial charge in [-0.3, -0.25) is 20.1 Å². The van der Waals surface area contributed by atoms with E-state index in [1.807, 2.05) is 17.0 Å². The van der Waals surface area contributed by atoms with Crippen LogP contribution in [0.15, 0.2) is 60.9 Å². The first-order chi connectivity index (χ1) is 18.1. The summed E-state index contributed by atoms with van der Waals surface area (Å²) in [4.78, 5) is 22.6. The molecule has 1 spiro atoms. The molecule has 0 unspecified atom stereocenters. The molecule has 38 heavy (non-hydrogen) atoms. The van der Waals surface area contributed by atoms with Gasteiger partial charge in [0.2, 0.25) is 16.0 Å². The largest absolute Gasteiger partial charge is 0.347 e. The minimum Gasteiger partial charge on any atom is -0.347 e. The molecule has 0 bridgehead atoms. The number of pyridine rings is 2. The van der Waals surface area contributed by atoms with Crippen LogP contribution in [0.25, 0.3) is 0 Å². The number of likely N-dealkylation sites (tertiary alicyclic amines) is 1. The van der Waals surface area contributed by atoms with Crippen LogP contribution in [0.3, 0.4) is 0 Å². The number of hydrogen-bond donors (Lipinski definition) is 3. The number of halogens is 2. The van der Waals surface area contributed by atoms with E-state index in [0.29, 0.717) is 13.1 Å². The summed E-state index contributed by atoms with van der Waals surface area (Å²) in [6.45, 7) is 0.912. The number of anilines is 1. The average molecular weight is 542 g/mol. The van der Waals surface area contributed by atoms with Crippen molar-refractivity contribution >= 4 is 27.6 Å². The molecular weight excluding hydrogens is 516 g/mol. The molecular formula is C25H25F2N7O3S. The Morgan fingerprint density at radius 2 is 2.03 bits per heavy atom. The lowest BCUT2D eigenvalue weighted by molar-refractivity contribution is 0.102. The van der Waals surface area contributed by atoms with Crippen molar-refractivity contribution in [3.8, 4) is 0 Å². The molecule has 3 aromatic rings. The molecule has 0 aliphatic carbocycles. The highest BCUT2D eigenvalue weighted by Crippen LogP contribution is 2.46. The molecule has 10 nitrogen and oxygen atoms in total. The first-order valence-electron chi connectivity index (χ1n) is 11.8. The summed E-state index contributed by atoms with van der Waals surface area (Å²) in [5.41, 5.74) is 0.918. The van der Waals surface area contributed by atoms with Gasteiger partial charge in [0.15, 0.2) is 0 Å². The van der Waals surface area contributed by atoms with Crippen molar-refractivity contribution in [2.45, 2.75) is 23.8 Å². The van der Waals surface area contributed by atoms with E-state index in [1.54, 1.807) is 12.3 Å². The molecule has 198 valence electrons. The number of carbonyl (C=O) groups excluding carboxylic acids is 1. The second-order valence-corrected chi connectivity index (χ2v) is 11.6. The Labute approximate surface area is 218 Å². The molecule has 2 fully saturated rings. The van der Waals surface area contributed by atoms with Gasteiger partial charge in [0.1, 0.15) is 22.1 Å². The van der Waals surface area contributed by atoms with Gasteiger partial charge < -0.3 is 10.6 Å². The first-order valence-corrected chi connectivity index (χ1v) is 13.2. The molecule has 0 radical (unpaired) electrons. The molecule has 1 aromatic carbocycles. The van der Waals surface area contributed by atoms with Crippen molar-refractivity contribution in [1.29, 1.82) is 5.41 Å². The number of carbonyl (C=O) groups is 1. The van der Waals surface area contributed by atoms with Gasteiger partial charge in [-0.05, 0) is 48.9 Å². The molecule has 0 saturated carbocycles. The number of nitrogens with one attached hydrogen (secondary N) is 3. The van der Waals surface area contributed by atoms with Gasteiger partial charge in [-0.15, -0.1) is 0 Å². The van der Waals surface area contributed by atoms with Gasteiger partial charge in [-0.25, -0.2) is 26.5 Å². The van der Waals surface area contributed by atoms with E-state index in [2.05, 4.69) is 20.6 Å². The van der Waals surface area contributed by atoms with Gasteiger partial charge in [0.05, 0.1) is 17.9 Å². The molecule has 4 heterocycles. The SMILES string of the molecule is CN1C(=N)N[C@H](c2cc(NC(=O)c3ccc(F)cn3)ccc2F)[C@@]2(CCN(Cc3ccccn3)C2)S1(=O)=O. The highest BCUT2D eigenvalue weighted by atomic mass is 32.2. The quantitative estimate of drug-likeness (QED) is 0.452. The van der Waals surface area contributed by atoms with Crippen LogP contribution in [0.2, 0.25) is 0 Å². The molecule has 2 aliphatic rings. The van der Waals surface area contributed by atoms with Crippen LogP contribution in [-0.4, -0.2) is 64.3 Å². The van der Waals surface area contributed by atoms with Crippen molar-refractivity contribution < 1.29 is 22.0 Å². The standard InChI is InChI=1S/C25H25F2N7O3S/c1-33-24(28)32-22(25(38(33,36)37)9-11-34(15-25)14-18-4-2-3-10-29-18)19-12-17(6-7-20(19)27)31-23(35)21-8-5-16(26)13-30-21/h2-8,10,12-13,22H,9,11,14-15H2,1H3,(H2,28,32)(H,31,35)/t22-,25+/m1/s1. The molecule has 13 heteroatoms. The van der Waals surface area contributed by atoms with E-state index in [1.165, 1.54) is 25.2 Å². The Balaban J connectivity index is 1.49. The van der Waals surface area contributed by atoms with Crippen molar-refractivity contribution in [2.75, 3.05) is 25.5 Å². The average Bonchev–Trinajstić information content (AvgIpc) is 3.33. The van der Waals surface area contributed by atoms with Gasteiger partial charge in [-0.1, -0.05) is 6.07 Å². The highest BCUT2D eigenvalue weighted by Gasteiger charge is 2.60. The lowest BCUT2D eigenvalue weighted by Crippen LogP contribution is -2.65. The van der Waals surface area contributed by atoms with Crippen LogP contribution in [0.1, 0.15) is 34.2 Å². The van der Waals surface area contributed by atoms with Crippen molar-refractivity contribution in [2.24, 2.45) is 0 Å². The number of amides is 1. The maximum atomic E-state index is 15.3. The molecule has 2 saturated heterocycles. The van der Waals surface area contributed by atoms with Crippen LogP contribution in [-0.2, 0) is 16.6 Å². The minimum atomic E-state index is -4.09. The number of benzene rings is 1. The number of sulfonamides is 1. The van der Waals surface area contributed by atoms with E-state index in [9.17, 15) is 17.6 Å². The summed E-state index contributed by atoms with van der Waals surface area (Å²) in [6, 6.07) is 10.5. The van der Waals surface area contributed by atoms with Crippen LogP contribution in [0.4, 0.5) is 14.5 Å². The zero-order valence-electron chi connectivity index (χ0n) is 20.4. The Hall–Kier alpha value is -3.97. The van der Waals surface area contributed by atoms with E-state index in [-0.39, 0.29) is 35.9 Å². The summed E-state index contributed by atoms with van der Waals surface area (Å²) in [5.74, 6) is -2.30. The fourth-order valence-corrected chi connectivity index (χ4v) is 7.01. The van der Waals surface area contributed by atoms with Crippen molar-refractivity contribution in [3.63, 3.8) is 0 Å². The monoisotopic (exact) mass is 541 g/mol. The van der Waals surface area contributed by atoms with Crippen LogP contribution in [0.5, 0.6) is 0 Å². The summed E-state index contributed by atoms with van der Waals surface area (Å²) >= 11 is 0. The number of nitrogens with zero attached hydrogens (tertiary/aromatic N) is 4. The van der Waals surface area contributed by atoms with Crippen molar-refractivity contribution in [3.05, 3.63) is 89.5 Å².